The maximum absolute atomic E-state index is 13.4. The van der Waals surface area contributed by atoms with Gasteiger partial charge in [0, 0.05) is 11.8 Å². The van der Waals surface area contributed by atoms with Crippen molar-refractivity contribution in [3.63, 3.8) is 0 Å². The molecule has 30 heavy (non-hydrogen) atoms. The number of halogens is 3. The fraction of sp³-hybridized carbons (Fsp3) is 0.100. The van der Waals surface area contributed by atoms with Gasteiger partial charge >= 0.3 is 6.18 Å². The molecule has 3 aromatic rings. The minimum atomic E-state index is -4.67. The number of amides is 2. The molecule has 3 N–H and O–H groups in total. The monoisotopic (exact) mass is 416 g/mol. The molecule has 0 bridgehead atoms. The lowest BCUT2D eigenvalue weighted by atomic mass is 10.1. The molecule has 2 aromatic carbocycles. The third kappa shape index (κ3) is 4.07. The number of hydrogen-bond donors (Lipinski definition) is 2. The number of nitrogens with one attached hydrogen (secondary N) is 1. The molecule has 3 rings (SSSR count). The molecule has 0 fully saturated rings. The van der Waals surface area contributed by atoms with Crippen molar-refractivity contribution in [1.29, 1.82) is 0 Å². The Bertz CT molecular complexity index is 1200. The van der Waals surface area contributed by atoms with Gasteiger partial charge in [-0.15, -0.1) is 0 Å². The lowest BCUT2D eigenvalue weighted by Gasteiger charge is -2.16. The van der Waals surface area contributed by atoms with Crippen LogP contribution in [0, 0.1) is 6.92 Å². The van der Waals surface area contributed by atoms with E-state index < -0.39 is 34.7 Å². The molecule has 0 saturated heterocycles. The number of carbonyl (C=O) groups excluding carboxylic acids is 2. The highest BCUT2D eigenvalue weighted by Gasteiger charge is 2.34. The highest BCUT2D eigenvalue weighted by molar-refractivity contribution is 6.07. The standard InChI is InChI=1S/C20H15F3N4O3/c1-11-10-16(28)17(19(30)25-14-8-4-2-6-12(14)18(24)29)26-27(11)15-9-5-3-7-13(15)20(21,22)23/h2-10H,1H3,(H2,24,29)(H,25,30). The number of aryl methyl sites for hydroxylation is 1. The van der Waals surface area contributed by atoms with Crippen LogP contribution in [-0.4, -0.2) is 21.6 Å². The van der Waals surface area contributed by atoms with Crippen molar-refractivity contribution in [1.82, 2.24) is 9.78 Å². The zero-order valence-electron chi connectivity index (χ0n) is 15.5. The van der Waals surface area contributed by atoms with E-state index in [4.69, 9.17) is 5.73 Å². The van der Waals surface area contributed by atoms with Crippen molar-refractivity contribution in [3.8, 4) is 5.69 Å². The van der Waals surface area contributed by atoms with Crippen LogP contribution in [-0.2, 0) is 6.18 Å². The van der Waals surface area contributed by atoms with Crippen molar-refractivity contribution in [3.05, 3.63) is 87.3 Å². The van der Waals surface area contributed by atoms with Crippen LogP contribution in [0.15, 0.2) is 59.4 Å². The number of hydrogen-bond acceptors (Lipinski definition) is 4. The summed E-state index contributed by atoms with van der Waals surface area (Å²) in [6, 6.07) is 11.5. The van der Waals surface area contributed by atoms with Gasteiger partial charge in [0.15, 0.2) is 5.69 Å². The molecule has 1 heterocycles. The van der Waals surface area contributed by atoms with E-state index in [-0.39, 0.29) is 22.6 Å². The second-order valence-corrected chi connectivity index (χ2v) is 6.29. The topological polar surface area (TPSA) is 107 Å². The van der Waals surface area contributed by atoms with Crippen LogP contribution in [0.25, 0.3) is 5.69 Å². The lowest BCUT2D eigenvalue weighted by molar-refractivity contribution is -0.137. The number of aromatic nitrogens is 2. The molecule has 154 valence electrons. The Kier molecular flexibility index (Phi) is 5.41. The molecule has 1 aromatic heterocycles. The maximum Gasteiger partial charge on any atom is 0.418 e. The first kappa shape index (κ1) is 20.8. The van der Waals surface area contributed by atoms with Gasteiger partial charge < -0.3 is 11.1 Å². The summed E-state index contributed by atoms with van der Waals surface area (Å²) in [5.74, 6) is -1.80. The van der Waals surface area contributed by atoms with Gasteiger partial charge in [0.1, 0.15) is 0 Å². The van der Waals surface area contributed by atoms with Crippen molar-refractivity contribution in [2.75, 3.05) is 5.32 Å². The molecule has 0 aliphatic heterocycles. The number of carbonyl (C=O) groups is 2. The summed E-state index contributed by atoms with van der Waals surface area (Å²) in [5.41, 5.74) is 2.65. The number of anilines is 1. The predicted molar refractivity (Wildman–Crippen MR) is 102 cm³/mol. The van der Waals surface area contributed by atoms with Gasteiger partial charge in [-0.3, -0.25) is 14.4 Å². The molecule has 0 aliphatic rings. The van der Waals surface area contributed by atoms with Gasteiger partial charge in [-0.1, -0.05) is 24.3 Å². The van der Waals surface area contributed by atoms with Crippen molar-refractivity contribution in [2.24, 2.45) is 5.73 Å². The van der Waals surface area contributed by atoms with Crippen LogP contribution in [0.3, 0.4) is 0 Å². The number of primary amides is 1. The van der Waals surface area contributed by atoms with Gasteiger partial charge in [-0.05, 0) is 31.2 Å². The quantitative estimate of drug-likeness (QED) is 0.682. The first-order chi connectivity index (χ1) is 14.1. The van der Waals surface area contributed by atoms with E-state index in [1.165, 1.54) is 49.4 Å². The summed E-state index contributed by atoms with van der Waals surface area (Å²) in [7, 11) is 0. The highest BCUT2D eigenvalue weighted by Crippen LogP contribution is 2.33. The molecule has 0 spiro atoms. The number of nitrogens with two attached hydrogens (primary N) is 1. The van der Waals surface area contributed by atoms with Gasteiger partial charge in [0.05, 0.1) is 22.5 Å². The Balaban J connectivity index is 2.09. The van der Waals surface area contributed by atoms with Gasteiger partial charge in [0.2, 0.25) is 5.43 Å². The molecule has 0 radical (unpaired) electrons. The predicted octanol–water partition coefficient (Wildman–Crippen LogP) is 2.91. The van der Waals surface area contributed by atoms with E-state index in [1.54, 1.807) is 0 Å². The zero-order chi connectivity index (χ0) is 22.1. The van der Waals surface area contributed by atoms with Gasteiger partial charge in [-0.2, -0.15) is 18.3 Å². The number of rotatable bonds is 4. The van der Waals surface area contributed by atoms with E-state index in [9.17, 15) is 27.6 Å². The lowest BCUT2D eigenvalue weighted by Crippen LogP contribution is -2.28. The summed E-state index contributed by atoms with van der Waals surface area (Å²) in [5, 5.41) is 6.22. The van der Waals surface area contributed by atoms with E-state index >= 15 is 0 Å². The summed E-state index contributed by atoms with van der Waals surface area (Å²) < 4.78 is 41.0. The Hall–Kier alpha value is -3.95. The average Bonchev–Trinajstić information content (AvgIpc) is 2.67. The Morgan fingerprint density at radius 3 is 2.37 bits per heavy atom. The van der Waals surface area contributed by atoms with Crippen LogP contribution < -0.4 is 16.5 Å². The number of benzene rings is 2. The first-order valence-corrected chi connectivity index (χ1v) is 8.57. The van der Waals surface area contributed by atoms with Crippen LogP contribution in [0.4, 0.5) is 18.9 Å². The molecule has 10 heteroatoms. The molecule has 2 amide bonds. The second-order valence-electron chi connectivity index (χ2n) is 6.29. The SMILES string of the molecule is Cc1cc(=O)c(C(=O)Nc2ccccc2C(N)=O)nn1-c1ccccc1C(F)(F)F. The number of alkyl halides is 3. The Labute approximate surface area is 167 Å². The third-order valence-electron chi connectivity index (χ3n) is 4.20. The van der Waals surface area contributed by atoms with Crippen LogP contribution in [0.2, 0.25) is 0 Å². The molecule has 0 unspecified atom stereocenters. The van der Waals surface area contributed by atoms with Crippen LogP contribution >= 0.6 is 0 Å². The third-order valence-corrected chi connectivity index (χ3v) is 4.20. The van der Waals surface area contributed by atoms with E-state index in [1.807, 2.05) is 0 Å². The summed E-state index contributed by atoms with van der Waals surface area (Å²) >= 11 is 0. The summed E-state index contributed by atoms with van der Waals surface area (Å²) in [6.07, 6.45) is -4.67. The van der Waals surface area contributed by atoms with Gasteiger partial charge in [-0.25, -0.2) is 4.68 Å². The molecule has 7 nitrogen and oxygen atoms in total. The Morgan fingerprint density at radius 1 is 1.07 bits per heavy atom. The minimum Gasteiger partial charge on any atom is -0.366 e. The highest BCUT2D eigenvalue weighted by atomic mass is 19.4. The minimum absolute atomic E-state index is 0.000652. The second kappa shape index (κ2) is 7.82. The van der Waals surface area contributed by atoms with E-state index in [2.05, 4.69) is 10.4 Å². The van der Waals surface area contributed by atoms with Crippen LogP contribution in [0.1, 0.15) is 32.1 Å². The first-order valence-electron chi connectivity index (χ1n) is 8.57. The summed E-state index contributed by atoms with van der Waals surface area (Å²) in [6.45, 7) is 1.39. The van der Waals surface area contributed by atoms with Crippen molar-refractivity contribution < 1.29 is 22.8 Å². The average molecular weight is 416 g/mol. The van der Waals surface area contributed by atoms with Crippen molar-refractivity contribution in [2.45, 2.75) is 13.1 Å². The molecule has 0 atom stereocenters. The smallest absolute Gasteiger partial charge is 0.366 e. The molecule has 0 aliphatic carbocycles. The molecular weight excluding hydrogens is 401 g/mol. The van der Waals surface area contributed by atoms with Crippen molar-refractivity contribution >= 4 is 17.5 Å². The zero-order valence-corrected chi connectivity index (χ0v) is 15.5. The van der Waals surface area contributed by atoms with Gasteiger partial charge in [0.25, 0.3) is 11.8 Å². The molecule has 0 saturated carbocycles. The number of nitrogens with zero attached hydrogens (tertiary/aromatic N) is 2. The Morgan fingerprint density at radius 2 is 1.70 bits per heavy atom. The summed E-state index contributed by atoms with van der Waals surface area (Å²) in [4.78, 5) is 36.4. The number of para-hydroxylation sites is 2. The maximum atomic E-state index is 13.4. The normalized spacial score (nSPS) is 11.2. The van der Waals surface area contributed by atoms with Crippen LogP contribution in [0.5, 0.6) is 0 Å². The molecular formula is C20H15F3N4O3. The fourth-order valence-corrected chi connectivity index (χ4v) is 2.84. The van der Waals surface area contributed by atoms with E-state index in [0.717, 1.165) is 16.8 Å². The fourth-order valence-electron chi connectivity index (χ4n) is 2.84. The van der Waals surface area contributed by atoms with E-state index in [0.29, 0.717) is 0 Å². The largest absolute Gasteiger partial charge is 0.418 e.